The van der Waals surface area contributed by atoms with E-state index < -0.39 is 52.9 Å². The molecule has 9 heteroatoms. The number of anilines is 1. The Morgan fingerprint density at radius 1 is 0.895 bits per heavy atom. The zero-order valence-electron chi connectivity index (χ0n) is 20.1. The second-order valence-electron chi connectivity index (χ2n) is 9.31. The third-order valence-electron chi connectivity index (χ3n) is 7.35. The van der Waals surface area contributed by atoms with E-state index in [1.54, 1.807) is 31.2 Å². The average Bonchev–Trinajstić information content (AvgIpc) is 3.49. The van der Waals surface area contributed by atoms with Crippen molar-refractivity contribution in [3.63, 3.8) is 0 Å². The summed E-state index contributed by atoms with van der Waals surface area (Å²) in [5, 5.41) is 0. The number of amides is 2. The smallest absolute Gasteiger partial charge is 0.338 e. The minimum Gasteiger partial charge on any atom is -0.462 e. The van der Waals surface area contributed by atoms with Crippen LogP contribution >= 0.6 is 22.6 Å². The van der Waals surface area contributed by atoms with Crippen molar-refractivity contribution >= 4 is 57.6 Å². The van der Waals surface area contributed by atoms with Gasteiger partial charge in [-0.1, -0.05) is 36.4 Å². The Morgan fingerprint density at radius 2 is 1.50 bits per heavy atom. The number of carbonyl (C=O) groups is 5. The maximum atomic E-state index is 14.0. The van der Waals surface area contributed by atoms with Crippen molar-refractivity contribution in [1.82, 2.24) is 0 Å². The number of nitrogens with zero attached hydrogens (tertiary/aromatic N) is 1. The first-order chi connectivity index (χ1) is 18.3. The fourth-order valence-corrected chi connectivity index (χ4v) is 6.05. The summed E-state index contributed by atoms with van der Waals surface area (Å²) < 4.78 is 12.2. The Bertz CT molecular complexity index is 1490. The van der Waals surface area contributed by atoms with Gasteiger partial charge in [0.2, 0.25) is 29.0 Å². The number of esters is 1. The number of rotatable bonds is 4. The maximum Gasteiger partial charge on any atom is 0.338 e. The predicted molar refractivity (Wildman–Crippen MR) is 143 cm³/mol. The van der Waals surface area contributed by atoms with E-state index in [1.807, 2.05) is 12.1 Å². The van der Waals surface area contributed by atoms with E-state index in [9.17, 15) is 24.0 Å². The van der Waals surface area contributed by atoms with Crippen LogP contribution in [0.5, 0.6) is 0 Å². The number of Topliss-reactive ketones (excluding diaryl/α,β-unsaturated/α-hetero) is 2. The molecule has 3 aromatic carbocycles. The SMILES string of the molecule is CCOC(=O)c1ccc(N2C(=O)C3C(c4ccc(I)cc4)OC4(C(=O)c5ccccc5C4=O)C3C2=O)cc1. The lowest BCUT2D eigenvalue weighted by atomic mass is 9.77. The molecule has 3 aliphatic rings. The van der Waals surface area contributed by atoms with E-state index in [0.29, 0.717) is 5.56 Å². The van der Waals surface area contributed by atoms with Crippen LogP contribution in [0.4, 0.5) is 5.69 Å². The minimum atomic E-state index is -2.13. The number of hydrogen-bond donors (Lipinski definition) is 0. The van der Waals surface area contributed by atoms with E-state index >= 15 is 0 Å². The Kier molecular flexibility index (Phi) is 5.80. The van der Waals surface area contributed by atoms with Crippen LogP contribution in [-0.2, 0) is 19.1 Å². The highest BCUT2D eigenvalue weighted by atomic mass is 127. The average molecular weight is 621 g/mol. The number of hydrogen-bond acceptors (Lipinski definition) is 7. The van der Waals surface area contributed by atoms with E-state index in [2.05, 4.69) is 22.6 Å². The molecule has 38 heavy (non-hydrogen) atoms. The number of ether oxygens (including phenoxy) is 2. The van der Waals surface area contributed by atoms with Gasteiger partial charge in [0, 0.05) is 14.7 Å². The monoisotopic (exact) mass is 621 g/mol. The molecule has 3 unspecified atom stereocenters. The van der Waals surface area contributed by atoms with Crippen LogP contribution in [0.2, 0.25) is 0 Å². The van der Waals surface area contributed by atoms with Crippen molar-refractivity contribution in [2.75, 3.05) is 11.5 Å². The van der Waals surface area contributed by atoms with Crippen LogP contribution in [-0.4, -0.2) is 41.6 Å². The molecule has 190 valence electrons. The first-order valence-electron chi connectivity index (χ1n) is 12.1. The summed E-state index contributed by atoms with van der Waals surface area (Å²) in [7, 11) is 0. The summed E-state index contributed by atoms with van der Waals surface area (Å²) in [5.74, 6) is -5.43. The summed E-state index contributed by atoms with van der Waals surface area (Å²) in [6.07, 6.45) is -0.987. The summed E-state index contributed by atoms with van der Waals surface area (Å²) in [5.41, 5.74) is -0.685. The van der Waals surface area contributed by atoms with Crippen LogP contribution in [0.25, 0.3) is 0 Å². The second-order valence-corrected chi connectivity index (χ2v) is 10.6. The first-order valence-corrected chi connectivity index (χ1v) is 13.1. The second kappa shape index (κ2) is 8.95. The predicted octanol–water partition coefficient (Wildman–Crippen LogP) is 4.16. The zero-order chi connectivity index (χ0) is 26.8. The molecule has 3 atom stereocenters. The third kappa shape index (κ3) is 3.34. The normalized spacial score (nSPS) is 23.2. The number of ketones is 2. The molecular formula is C29H20INO7. The van der Waals surface area contributed by atoms with Gasteiger partial charge in [-0.25, -0.2) is 9.69 Å². The van der Waals surface area contributed by atoms with Gasteiger partial charge in [-0.15, -0.1) is 0 Å². The summed E-state index contributed by atoms with van der Waals surface area (Å²) >= 11 is 2.15. The first kappa shape index (κ1) is 24.6. The van der Waals surface area contributed by atoms with E-state index in [4.69, 9.17) is 9.47 Å². The molecular weight excluding hydrogens is 601 g/mol. The quantitative estimate of drug-likeness (QED) is 0.187. The van der Waals surface area contributed by atoms with Gasteiger partial charge in [0.15, 0.2) is 0 Å². The van der Waals surface area contributed by atoms with Gasteiger partial charge in [0.25, 0.3) is 0 Å². The maximum absolute atomic E-state index is 14.0. The molecule has 2 amide bonds. The van der Waals surface area contributed by atoms with Gasteiger partial charge in [-0.3, -0.25) is 19.2 Å². The van der Waals surface area contributed by atoms with Crippen molar-refractivity contribution in [3.8, 4) is 0 Å². The minimum absolute atomic E-state index is 0.178. The molecule has 1 spiro atoms. The van der Waals surface area contributed by atoms with Gasteiger partial charge in [0.05, 0.1) is 35.8 Å². The van der Waals surface area contributed by atoms with Crippen molar-refractivity contribution in [2.24, 2.45) is 11.8 Å². The fraction of sp³-hybridized carbons (Fsp3) is 0.207. The summed E-state index contributed by atoms with van der Waals surface area (Å²) in [4.78, 5) is 68.6. The largest absolute Gasteiger partial charge is 0.462 e. The Balaban J connectivity index is 1.46. The molecule has 2 heterocycles. The van der Waals surface area contributed by atoms with Crippen LogP contribution in [0.3, 0.4) is 0 Å². The standard InChI is InChI=1S/C29H20INO7/c1-2-37-28(36)16-9-13-18(14-10-16)31-26(34)21-22(27(31)35)29(38-23(21)15-7-11-17(30)12-8-15)24(32)19-5-3-4-6-20(19)25(29)33/h3-14,21-23H,2H2,1H3. The topological polar surface area (TPSA) is 107 Å². The molecule has 0 radical (unpaired) electrons. The highest BCUT2D eigenvalue weighted by Crippen LogP contribution is 2.57. The lowest BCUT2D eigenvalue weighted by Gasteiger charge is -2.27. The third-order valence-corrected chi connectivity index (χ3v) is 8.07. The molecule has 8 nitrogen and oxygen atoms in total. The summed E-state index contributed by atoms with van der Waals surface area (Å²) in [6.45, 7) is 1.90. The Labute approximate surface area is 231 Å². The number of carbonyl (C=O) groups excluding carboxylic acids is 5. The van der Waals surface area contributed by atoms with E-state index in [1.165, 1.54) is 36.4 Å². The van der Waals surface area contributed by atoms with Crippen molar-refractivity contribution in [3.05, 3.63) is 98.6 Å². The highest BCUT2D eigenvalue weighted by molar-refractivity contribution is 14.1. The lowest BCUT2D eigenvalue weighted by Crippen LogP contribution is -2.51. The van der Waals surface area contributed by atoms with Crippen LogP contribution in [0.15, 0.2) is 72.8 Å². The molecule has 2 aliphatic heterocycles. The van der Waals surface area contributed by atoms with Crippen LogP contribution in [0.1, 0.15) is 49.7 Å². The fourth-order valence-electron chi connectivity index (χ4n) is 5.69. The molecule has 1 aliphatic carbocycles. The van der Waals surface area contributed by atoms with Gasteiger partial charge >= 0.3 is 5.97 Å². The van der Waals surface area contributed by atoms with Crippen molar-refractivity contribution < 1.29 is 33.4 Å². The van der Waals surface area contributed by atoms with Crippen LogP contribution in [0, 0.1) is 15.4 Å². The Hall–Kier alpha value is -3.70. The van der Waals surface area contributed by atoms with Gasteiger partial charge in [-0.05, 0) is 71.5 Å². The Morgan fingerprint density at radius 3 is 2.08 bits per heavy atom. The molecule has 0 aromatic heterocycles. The number of halogens is 1. The van der Waals surface area contributed by atoms with Crippen LogP contribution < -0.4 is 4.90 Å². The number of imide groups is 1. The molecule has 0 bridgehead atoms. The number of fused-ring (bicyclic) bond motifs is 3. The van der Waals surface area contributed by atoms with E-state index in [-0.39, 0.29) is 29.0 Å². The molecule has 3 aromatic rings. The van der Waals surface area contributed by atoms with Gasteiger partial charge in [0.1, 0.15) is 0 Å². The summed E-state index contributed by atoms with van der Waals surface area (Å²) in [6, 6.07) is 19.5. The van der Waals surface area contributed by atoms with Gasteiger partial charge < -0.3 is 9.47 Å². The highest BCUT2D eigenvalue weighted by Gasteiger charge is 2.74. The molecule has 6 rings (SSSR count). The van der Waals surface area contributed by atoms with E-state index in [0.717, 1.165) is 8.47 Å². The lowest BCUT2D eigenvalue weighted by molar-refractivity contribution is -0.127. The molecule has 2 fully saturated rings. The molecule has 0 saturated carbocycles. The molecule has 2 saturated heterocycles. The van der Waals surface area contributed by atoms with Crippen molar-refractivity contribution in [2.45, 2.75) is 18.6 Å². The van der Waals surface area contributed by atoms with Gasteiger partial charge in [-0.2, -0.15) is 0 Å². The zero-order valence-corrected chi connectivity index (χ0v) is 22.2. The molecule has 0 N–H and O–H groups in total. The number of benzene rings is 3. The van der Waals surface area contributed by atoms with Crippen molar-refractivity contribution in [1.29, 1.82) is 0 Å².